The van der Waals surface area contributed by atoms with Crippen molar-refractivity contribution in [1.29, 1.82) is 0 Å². The molecule has 1 N–H and O–H groups in total. The van der Waals surface area contributed by atoms with E-state index in [1.54, 1.807) is 0 Å². The molecule has 0 bridgehead atoms. The van der Waals surface area contributed by atoms with Gasteiger partial charge in [-0.1, -0.05) is 67.1 Å². The van der Waals surface area contributed by atoms with Crippen molar-refractivity contribution in [3.05, 3.63) is 71.8 Å². The van der Waals surface area contributed by atoms with Crippen molar-refractivity contribution >= 4 is 12.4 Å². The second-order valence-corrected chi connectivity index (χ2v) is 5.45. The van der Waals surface area contributed by atoms with Gasteiger partial charge in [-0.05, 0) is 12.8 Å². The Morgan fingerprint density at radius 2 is 1.14 bits per heavy atom. The number of rotatable bonds is 3. The number of aliphatic hydroxyl groups is 1. The quantitative estimate of drug-likeness (QED) is 0.932. The third kappa shape index (κ3) is 3.13. The molecule has 1 heterocycles. The minimum atomic E-state index is -1.01. The molecule has 1 saturated heterocycles. The van der Waals surface area contributed by atoms with Crippen molar-refractivity contribution in [2.45, 2.75) is 25.0 Å². The van der Waals surface area contributed by atoms with Gasteiger partial charge in [-0.2, -0.15) is 0 Å². The number of benzene rings is 2. The molecule has 1 aliphatic rings. The molecule has 0 atom stereocenters. The van der Waals surface area contributed by atoms with Crippen molar-refractivity contribution in [1.82, 2.24) is 4.90 Å². The maximum atomic E-state index is 11.5. The molecule has 1 fully saturated rings. The predicted molar refractivity (Wildman–Crippen MR) is 88.6 cm³/mol. The van der Waals surface area contributed by atoms with Gasteiger partial charge in [0.1, 0.15) is 0 Å². The smallest absolute Gasteiger partial charge is 0.171 e. The molecule has 3 rings (SSSR count). The zero-order valence-electron chi connectivity index (χ0n) is 12.1. The van der Waals surface area contributed by atoms with Gasteiger partial charge in [0.15, 0.2) is 5.72 Å². The highest BCUT2D eigenvalue weighted by Gasteiger charge is 2.38. The lowest BCUT2D eigenvalue weighted by atomic mass is 9.91. The molecule has 0 aromatic heterocycles. The Bertz CT molecular complexity index is 498. The van der Waals surface area contributed by atoms with Crippen molar-refractivity contribution in [3.8, 4) is 0 Å². The van der Waals surface area contributed by atoms with E-state index >= 15 is 0 Å². The van der Waals surface area contributed by atoms with E-state index < -0.39 is 5.72 Å². The Labute approximate surface area is 132 Å². The van der Waals surface area contributed by atoms with E-state index in [1.807, 2.05) is 60.7 Å². The van der Waals surface area contributed by atoms with Crippen LogP contribution in [0.5, 0.6) is 0 Å². The molecular formula is C18H22ClNO. The molecule has 1 aliphatic heterocycles. The molecule has 2 aromatic carbocycles. The second kappa shape index (κ2) is 7.08. The first kappa shape index (κ1) is 16.0. The van der Waals surface area contributed by atoms with Crippen molar-refractivity contribution in [2.75, 3.05) is 13.1 Å². The summed E-state index contributed by atoms with van der Waals surface area (Å²) in [6.07, 6.45) is 3.57. The average Bonchev–Trinajstić information content (AvgIpc) is 2.56. The summed E-state index contributed by atoms with van der Waals surface area (Å²) in [6.45, 7) is 1.89. The standard InChI is InChI=1S/C18H21NO.ClH/c20-18(16-10-4-1-5-11-16,17-12-6-2-7-13-17)19-14-8-3-9-15-19;/h1-2,4-7,10-13,20H,3,8-9,14-15H2;1H. The molecular weight excluding hydrogens is 282 g/mol. The normalized spacial score (nSPS) is 16.2. The van der Waals surface area contributed by atoms with Gasteiger partial charge in [0.05, 0.1) is 0 Å². The Morgan fingerprint density at radius 3 is 1.57 bits per heavy atom. The van der Waals surface area contributed by atoms with Crippen molar-refractivity contribution < 1.29 is 5.11 Å². The largest absolute Gasteiger partial charge is 0.367 e. The number of hydrogen-bond acceptors (Lipinski definition) is 2. The lowest BCUT2D eigenvalue weighted by Crippen LogP contribution is -2.49. The van der Waals surface area contributed by atoms with Crippen LogP contribution in [0.3, 0.4) is 0 Å². The molecule has 21 heavy (non-hydrogen) atoms. The van der Waals surface area contributed by atoms with Gasteiger partial charge < -0.3 is 5.11 Å². The maximum Gasteiger partial charge on any atom is 0.171 e. The summed E-state index contributed by atoms with van der Waals surface area (Å²) in [7, 11) is 0. The van der Waals surface area contributed by atoms with Crippen LogP contribution in [0.25, 0.3) is 0 Å². The van der Waals surface area contributed by atoms with Crippen LogP contribution in [0, 0.1) is 0 Å². The first-order valence-electron chi connectivity index (χ1n) is 7.40. The van der Waals surface area contributed by atoms with Crippen LogP contribution in [0.2, 0.25) is 0 Å². The van der Waals surface area contributed by atoms with Crippen molar-refractivity contribution in [2.24, 2.45) is 0 Å². The SMILES string of the molecule is Cl.OC(c1ccccc1)(c1ccccc1)N1CCCCC1. The van der Waals surface area contributed by atoms with E-state index in [4.69, 9.17) is 0 Å². The molecule has 3 heteroatoms. The van der Waals surface area contributed by atoms with E-state index in [1.165, 1.54) is 6.42 Å². The fraction of sp³-hybridized carbons (Fsp3) is 0.333. The van der Waals surface area contributed by atoms with Gasteiger partial charge in [0.2, 0.25) is 0 Å². The first-order chi connectivity index (χ1) is 9.82. The highest BCUT2D eigenvalue weighted by atomic mass is 35.5. The molecule has 0 saturated carbocycles. The highest BCUT2D eigenvalue weighted by Crippen LogP contribution is 2.35. The van der Waals surface area contributed by atoms with Crippen LogP contribution in [-0.4, -0.2) is 23.1 Å². The fourth-order valence-electron chi connectivity index (χ4n) is 3.09. The Hall–Kier alpha value is -1.35. The van der Waals surface area contributed by atoms with Crippen LogP contribution < -0.4 is 0 Å². The Balaban J connectivity index is 0.00000161. The lowest BCUT2D eigenvalue weighted by Gasteiger charge is -2.42. The lowest BCUT2D eigenvalue weighted by molar-refractivity contribution is -0.0894. The Morgan fingerprint density at radius 1 is 0.714 bits per heavy atom. The fourth-order valence-corrected chi connectivity index (χ4v) is 3.09. The molecule has 2 nitrogen and oxygen atoms in total. The van der Waals surface area contributed by atoms with Crippen LogP contribution in [0.4, 0.5) is 0 Å². The monoisotopic (exact) mass is 303 g/mol. The topological polar surface area (TPSA) is 23.5 Å². The minimum absolute atomic E-state index is 0. The maximum absolute atomic E-state index is 11.5. The number of nitrogens with zero attached hydrogens (tertiary/aromatic N) is 1. The van der Waals surface area contributed by atoms with Crippen molar-refractivity contribution in [3.63, 3.8) is 0 Å². The number of piperidine rings is 1. The third-order valence-electron chi connectivity index (χ3n) is 4.17. The molecule has 2 aromatic rings. The summed E-state index contributed by atoms with van der Waals surface area (Å²) >= 11 is 0. The molecule has 0 radical (unpaired) electrons. The third-order valence-corrected chi connectivity index (χ3v) is 4.17. The van der Waals surface area contributed by atoms with Crippen LogP contribution in [0.1, 0.15) is 30.4 Å². The number of hydrogen-bond donors (Lipinski definition) is 1. The van der Waals surface area contributed by atoms with E-state index in [2.05, 4.69) is 4.90 Å². The van der Waals surface area contributed by atoms with Crippen LogP contribution in [0.15, 0.2) is 60.7 Å². The van der Waals surface area contributed by atoms with Gasteiger partial charge in [-0.25, -0.2) is 0 Å². The summed E-state index contributed by atoms with van der Waals surface area (Å²) < 4.78 is 0. The molecule has 112 valence electrons. The molecule has 0 unspecified atom stereocenters. The predicted octanol–water partition coefficient (Wildman–Crippen LogP) is 3.79. The van der Waals surface area contributed by atoms with E-state index in [0.717, 1.165) is 37.1 Å². The van der Waals surface area contributed by atoms with Gasteiger partial charge in [0, 0.05) is 24.2 Å². The molecule has 0 amide bonds. The number of likely N-dealkylation sites (tertiary alicyclic amines) is 1. The van der Waals surface area contributed by atoms with Gasteiger partial charge in [-0.15, -0.1) is 12.4 Å². The summed E-state index contributed by atoms with van der Waals surface area (Å²) in [4.78, 5) is 2.21. The van der Waals surface area contributed by atoms with Gasteiger partial charge in [0.25, 0.3) is 0 Å². The second-order valence-electron chi connectivity index (χ2n) is 5.45. The van der Waals surface area contributed by atoms with E-state index in [-0.39, 0.29) is 12.4 Å². The van der Waals surface area contributed by atoms with Gasteiger partial charge in [-0.3, -0.25) is 4.90 Å². The first-order valence-corrected chi connectivity index (χ1v) is 7.40. The Kier molecular flexibility index (Phi) is 5.40. The molecule has 0 aliphatic carbocycles. The minimum Gasteiger partial charge on any atom is -0.367 e. The van der Waals surface area contributed by atoms with Crippen LogP contribution in [-0.2, 0) is 5.72 Å². The summed E-state index contributed by atoms with van der Waals surface area (Å²) in [6, 6.07) is 20.0. The zero-order chi connectivity index (χ0) is 13.8. The molecule has 0 spiro atoms. The average molecular weight is 304 g/mol. The summed E-state index contributed by atoms with van der Waals surface area (Å²) in [5, 5.41) is 11.5. The van der Waals surface area contributed by atoms with Crippen LogP contribution >= 0.6 is 12.4 Å². The van der Waals surface area contributed by atoms with Gasteiger partial charge >= 0.3 is 0 Å². The zero-order valence-corrected chi connectivity index (χ0v) is 12.9. The highest BCUT2D eigenvalue weighted by molar-refractivity contribution is 5.85. The summed E-state index contributed by atoms with van der Waals surface area (Å²) in [5.74, 6) is 0. The summed E-state index contributed by atoms with van der Waals surface area (Å²) in [5.41, 5.74) is 0.893. The number of halogens is 1. The van der Waals surface area contributed by atoms with E-state index in [9.17, 15) is 5.11 Å². The van der Waals surface area contributed by atoms with E-state index in [0.29, 0.717) is 0 Å².